The average molecular weight is 387 g/mol. The molecule has 0 aliphatic rings. The van der Waals surface area contributed by atoms with Gasteiger partial charge in [0.15, 0.2) is 21.9 Å². The summed E-state index contributed by atoms with van der Waals surface area (Å²) in [7, 11) is 1.44. The molecule has 0 unspecified atom stereocenters. The Morgan fingerprint density at radius 1 is 1.33 bits per heavy atom. The first kappa shape index (κ1) is 19.9. The predicted molar refractivity (Wildman–Crippen MR) is 101 cm³/mol. The molecule has 0 aliphatic carbocycles. The lowest BCUT2D eigenvalue weighted by molar-refractivity contribution is -0.152. The van der Waals surface area contributed by atoms with Crippen LogP contribution in [0, 0.1) is 16.1 Å². The van der Waals surface area contributed by atoms with E-state index in [1.165, 1.54) is 27.0 Å². The van der Waals surface area contributed by atoms with Crippen LogP contribution in [0.15, 0.2) is 23.0 Å². The zero-order valence-corrected chi connectivity index (χ0v) is 15.6. The smallest absolute Gasteiger partial charge is 0.347 e. The Morgan fingerprint density at radius 3 is 2.63 bits per heavy atom. The number of aromatic nitrogens is 2. The molecule has 140 valence electrons. The number of nitriles is 1. The topological polar surface area (TPSA) is 128 Å². The van der Waals surface area contributed by atoms with Crippen LogP contribution in [0.4, 0.5) is 0 Å². The number of carboxylic acid groups (broad SMARTS) is 1. The van der Waals surface area contributed by atoms with E-state index in [0.717, 1.165) is 0 Å². The average Bonchev–Trinajstić information content (AvgIpc) is 2.60. The fourth-order valence-corrected chi connectivity index (χ4v) is 2.35. The number of para-hydroxylation sites is 1. The highest BCUT2D eigenvalue weighted by atomic mass is 32.1. The number of nitrogens with zero attached hydrogens (tertiary/aromatic N) is 1. The van der Waals surface area contributed by atoms with Crippen LogP contribution in [0.3, 0.4) is 0 Å². The maximum absolute atomic E-state index is 11.8. The van der Waals surface area contributed by atoms with E-state index in [9.17, 15) is 20.0 Å². The summed E-state index contributed by atoms with van der Waals surface area (Å²) in [6, 6.07) is 6.82. The molecule has 0 saturated carbocycles. The SMILES string of the molecule is COc1cccc(/C=C/c2[nH]c(=S)[nH]c(=O)c2C#N)c1OC(C)(C)C(=O)O. The number of methoxy groups -OCH3 is 1. The normalized spacial score (nSPS) is 11.2. The van der Waals surface area contributed by atoms with Crippen molar-refractivity contribution in [1.82, 2.24) is 9.97 Å². The lowest BCUT2D eigenvalue weighted by Gasteiger charge is -2.24. The summed E-state index contributed by atoms with van der Waals surface area (Å²) in [5.74, 6) is -0.592. The van der Waals surface area contributed by atoms with Crippen molar-refractivity contribution >= 4 is 30.3 Å². The van der Waals surface area contributed by atoms with Crippen molar-refractivity contribution in [2.24, 2.45) is 0 Å². The van der Waals surface area contributed by atoms with Gasteiger partial charge in [-0.3, -0.25) is 9.78 Å². The van der Waals surface area contributed by atoms with Gasteiger partial charge in [-0.1, -0.05) is 12.1 Å². The number of carboxylic acids is 1. The summed E-state index contributed by atoms with van der Waals surface area (Å²) >= 11 is 4.93. The number of carbonyl (C=O) groups is 1. The minimum atomic E-state index is -1.50. The van der Waals surface area contributed by atoms with Gasteiger partial charge in [0.1, 0.15) is 11.6 Å². The minimum Gasteiger partial charge on any atom is -0.493 e. The van der Waals surface area contributed by atoms with Crippen molar-refractivity contribution in [3.05, 3.63) is 50.1 Å². The third-order valence-corrected chi connectivity index (χ3v) is 3.82. The number of H-pyrrole nitrogens is 2. The number of aromatic amines is 2. The van der Waals surface area contributed by atoms with Crippen LogP contribution in [0.2, 0.25) is 0 Å². The van der Waals surface area contributed by atoms with Crippen molar-refractivity contribution in [3.8, 4) is 17.6 Å². The lowest BCUT2D eigenvalue weighted by atomic mass is 10.1. The summed E-state index contributed by atoms with van der Waals surface area (Å²) in [6.07, 6.45) is 3.05. The van der Waals surface area contributed by atoms with E-state index in [2.05, 4.69) is 9.97 Å². The number of ether oxygens (including phenoxy) is 2. The van der Waals surface area contributed by atoms with Crippen molar-refractivity contribution in [1.29, 1.82) is 5.26 Å². The first-order valence-corrected chi connectivity index (χ1v) is 8.14. The molecule has 1 aromatic heterocycles. The molecular weight excluding hydrogens is 370 g/mol. The molecule has 0 bridgehead atoms. The van der Waals surface area contributed by atoms with E-state index in [1.807, 2.05) is 6.07 Å². The van der Waals surface area contributed by atoms with E-state index in [1.54, 1.807) is 24.3 Å². The number of rotatable bonds is 6. The van der Waals surface area contributed by atoms with Crippen LogP contribution >= 0.6 is 12.2 Å². The van der Waals surface area contributed by atoms with Gasteiger partial charge in [0.05, 0.1) is 12.8 Å². The van der Waals surface area contributed by atoms with Crippen LogP contribution in [-0.2, 0) is 4.79 Å². The van der Waals surface area contributed by atoms with Gasteiger partial charge in [-0.25, -0.2) is 4.79 Å². The zero-order valence-electron chi connectivity index (χ0n) is 14.8. The van der Waals surface area contributed by atoms with Gasteiger partial charge in [0, 0.05) is 5.56 Å². The molecule has 0 amide bonds. The molecule has 0 fully saturated rings. The van der Waals surface area contributed by atoms with Crippen LogP contribution in [-0.4, -0.2) is 33.8 Å². The molecule has 0 radical (unpaired) electrons. The molecule has 1 aromatic carbocycles. The van der Waals surface area contributed by atoms with Crippen LogP contribution < -0.4 is 15.0 Å². The largest absolute Gasteiger partial charge is 0.493 e. The van der Waals surface area contributed by atoms with E-state index in [4.69, 9.17) is 21.7 Å². The minimum absolute atomic E-state index is 0.0766. The molecule has 9 heteroatoms. The van der Waals surface area contributed by atoms with Crippen molar-refractivity contribution in [2.45, 2.75) is 19.4 Å². The maximum Gasteiger partial charge on any atom is 0.347 e. The lowest BCUT2D eigenvalue weighted by Crippen LogP contribution is -2.38. The third kappa shape index (κ3) is 4.43. The molecule has 3 N–H and O–H groups in total. The molecule has 2 rings (SSSR count). The zero-order chi connectivity index (χ0) is 20.2. The Kier molecular flexibility index (Phi) is 5.82. The molecule has 0 saturated heterocycles. The highest BCUT2D eigenvalue weighted by Crippen LogP contribution is 2.35. The number of hydrogen-bond donors (Lipinski definition) is 3. The summed E-state index contributed by atoms with van der Waals surface area (Å²) in [4.78, 5) is 28.3. The van der Waals surface area contributed by atoms with E-state index >= 15 is 0 Å². The predicted octanol–water partition coefficient (Wildman–Crippen LogP) is 2.73. The quantitative estimate of drug-likeness (QED) is 0.650. The molecule has 27 heavy (non-hydrogen) atoms. The first-order valence-electron chi connectivity index (χ1n) is 7.73. The fraction of sp³-hybridized carbons (Fsp3) is 0.222. The molecule has 0 atom stereocenters. The van der Waals surface area contributed by atoms with Crippen molar-refractivity contribution < 1.29 is 19.4 Å². The Balaban J connectivity index is 2.57. The second-order valence-electron chi connectivity index (χ2n) is 5.94. The van der Waals surface area contributed by atoms with Crippen LogP contribution in [0.5, 0.6) is 11.5 Å². The summed E-state index contributed by atoms with van der Waals surface area (Å²) in [6.45, 7) is 2.83. The highest BCUT2D eigenvalue weighted by Gasteiger charge is 2.31. The van der Waals surface area contributed by atoms with E-state index in [0.29, 0.717) is 11.3 Å². The monoisotopic (exact) mass is 387 g/mol. The molecule has 2 aromatic rings. The van der Waals surface area contributed by atoms with Gasteiger partial charge in [-0.15, -0.1) is 0 Å². The van der Waals surface area contributed by atoms with Gasteiger partial charge in [0.25, 0.3) is 5.56 Å². The van der Waals surface area contributed by atoms with Crippen LogP contribution in [0.25, 0.3) is 12.2 Å². The molecule has 8 nitrogen and oxygen atoms in total. The Morgan fingerprint density at radius 2 is 2.04 bits per heavy atom. The third-order valence-electron chi connectivity index (χ3n) is 3.61. The second kappa shape index (κ2) is 7.88. The number of nitrogens with one attached hydrogen (secondary N) is 2. The first-order chi connectivity index (χ1) is 12.7. The van der Waals surface area contributed by atoms with Gasteiger partial charge < -0.3 is 19.6 Å². The second-order valence-corrected chi connectivity index (χ2v) is 6.35. The molecular formula is C18H17N3O5S. The van der Waals surface area contributed by atoms with Gasteiger partial charge in [0.2, 0.25) is 0 Å². The van der Waals surface area contributed by atoms with Crippen molar-refractivity contribution in [2.75, 3.05) is 7.11 Å². The van der Waals surface area contributed by atoms with Gasteiger partial charge >= 0.3 is 5.97 Å². The summed E-state index contributed by atoms with van der Waals surface area (Å²) in [5, 5.41) is 18.5. The summed E-state index contributed by atoms with van der Waals surface area (Å²) in [5.41, 5.74) is -1.52. The standard InChI is InChI=1S/C18H17N3O5S/c1-18(2,16(23)24)26-14-10(5-4-6-13(14)25-3)7-8-12-11(9-19)15(22)21-17(27)20-12/h4-8H,1-3H3,(H,23,24)(H2,20,21,22,27)/b8-7+. The Hall–Kier alpha value is -3.38. The Bertz CT molecular complexity index is 1060. The van der Waals surface area contributed by atoms with E-state index < -0.39 is 17.1 Å². The van der Waals surface area contributed by atoms with Gasteiger partial charge in [-0.05, 0) is 44.3 Å². The van der Waals surface area contributed by atoms with Crippen molar-refractivity contribution in [3.63, 3.8) is 0 Å². The number of hydrogen-bond acceptors (Lipinski definition) is 6. The molecule has 1 heterocycles. The maximum atomic E-state index is 11.8. The number of aliphatic carboxylic acids is 1. The Labute approximate surface area is 159 Å². The molecule has 0 aliphatic heterocycles. The highest BCUT2D eigenvalue weighted by molar-refractivity contribution is 7.71. The van der Waals surface area contributed by atoms with E-state index in [-0.39, 0.29) is 21.8 Å². The number of benzene rings is 1. The fourth-order valence-electron chi connectivity index (χ4n) is 2.15. The summed E-state index contributed by atoms with van der Waals surface area (Å²) < 4.78 is 11.0. The van der Waals surface area contributed by atoms with Gasteiger partial charge in [-0.2, -0.15) is 5.26 Å². The van der Waals surface area contributed by atoms with Crippen LogP contribution in [0.1, 0.15) is 30.7 Å². The molecule has 0 spiro atoms.